The topological polar surface area (TPSA) is 70.7 Å². The van der Waals surface area contributed by atoms with Crippen LogP contribution in [0.3, 0.4) is 0 Å². The van der Waals surface area contributed by atoms with E-state index in [4.69, 9.17) is 4.74 Å². The molecule has 2 N–H and O–H groups in total. The minimum absolute atomic E-state index is 0.0772. The molecule has 0 saturated carbocycles. The molecule has 6 heteroatoms. The Balaban J connectivity index is 1.48. The van der Waals surface area contributed by atoms with Gasteiger partial charge in [-0.2, -0.15) is 0 Å². The van der Waals surface area contributed by atoms with Gasteiger partial charge >= 0.3 is 0 Å². The van der Waals surface area contributed by atoms with Gasteiger partial charge in [0, 0.05) is 12.1 Å². The predicted molar refractivity (Wildman–Crippen MR) is 130 cm³/mol. The fraction of sp³-hybridized carbons (Fsp3) is 0.259. The number of anilines is 1. The molecule has 1 fully saturated rings. The monoisotopic (exact) mass is 443 g/mol. The minimum atomic E-state index is -0.246. The lowest BCUT2D eigenvalue weighted by atomic mass is 10.0. The molecular weight excluding hydrogens is 414 g/mol. The number of likely N-dealkylation sites (tertiary alicyclic amines) is 1. The second-order valence-electron chi connectivity index (χ2n) is 8.11. The molecule has 3 aromatic carbocycles. The number of nitrogens with zero attached hydrogens (tertiary/aromatic N) is 1. The number of carbonyl (C=O) groups excluding carboxylic acids is 2. The van der Waals surface area contributed by atoms with Crippen LogP contribution in [0, 0.1) is 0 Å². The molecule has 1 unspecified atom stereocenters. The summed E-state index contributed by atoms with van der Waals surface area (Å²) in [6.07, 6.45) is 2.32. The van der Waals surface area contributed by atoms with Gasteiger partial charge < -0.3 is 15.4 Å². The first kappa shape index (κ1) is 22.6. The molecule has 0 spiro atoms. The van der Waals surface area contributed by atoms with E-state index < -0.39 is 0 Å². The van der Waals surface area contributed by atoms with Crippen LogP contribution in [0.5, 0.6) is 5.75 Å². The second kappa shape index (κ2) is 10.8. The molecule has 0 aliphatic carbocycles. The molecule has 170 valence electrons. The summed E-state index contributed by atoms with van der Waals surface area (Å²) >= 11 is 0. The van der Waals surface area contributed by atoms with Crippen molar-refractivity contribution in [3.63, 3.8) is 0 Å². The molecule has 6 nitrogen and oxygen atoms in total. The van der Waals surface area contributed by atoms with Gasteiger partial charge in [-0.3, -0.25) is 14.5 Å². The number of amides is 2. The molecular formula is C27H29N3O3. The van der Waals surface area contributed by atoms with Crippen LogP contribution >= 0.6 is 0 Å². The van der Waals surface area contributed by atoms with Gasteiger partial charge in [0.15, 0.2) is 0 Å². The highest BCUT2D eigenvalue weighted by Gasteiger charge is 2.24. The van der Waals surface area contributed by atoms with E-state index in [0.29, 0.717) is 23.4 Å². The molecule has 2 amide bonds. The van der Waals surface area contributed by atoms with Crippen molar-refractivity contribution < 1.29 is 14.3 Å². The normalized spacial score (nSPS) is 14.5. The van der Waals surface area contributed by atoms with E-state index in [0.717, 1.165) is 37.2 Å². The standard InChI is InChI=1S/C27H29N3O3/c1-33-22-15-13-20(14-16-22)25(30-17-7-8-18-30)19-28-27(32)23-11-5-6-12-24(23)29-26(31)21-9-3-2-4-10-21/h2-6,9-16,25H,7-8,17-19H2,1H3,(H,28,32)(H,29,31). The van der Waals surface area contributed by atoms with Gasteiger partial charge in [-0.05, 0) is 67.9 Å². The third-order valence-corrected chi connectivity index (χ3v) is 5.99. The van der Waals surface area contributed by atoms with Gasteiger partial charge in [-0.15, -0.1) is 0 Å². The maximum atomic E-state index is 13.1. The number of benzene rings is 3. The van der Waals surface area contributed by atoms with Gasteiger partial charge in [0.2, 0.25) is 0 Å². The fourth-order valence-electron chi connectivity index (χ4n) is 4.20. The van der Waals surface area contributed by atoms with E-state index in [2.05, 4.69) is 27.7 Å². The summed E-state index contributed by atoms with van der Waals surface area (Å²) in [6, 6.07) is 24.2. The molecule has 0 aromatic heterocycles. The van der Waals surface area contributed by atoms with Crippen LogP contribution in [0.1, 0.15) is 45.2 Å². The zero-order chi connectivity index (χ0) is 23.0. The lowest BCUT2D eigenvalue weighted by Gasteiger charge is -2.28. The highest BCUT2D eigenvalue weighted by Crippen LogP contribution is 2.26. The van der Waals surface area contributed by atoms with Crippen LogP contribution in [0.2, 0.25) is 0 Å². The van der Waals surface area contributed by atoms with Crippen LogP contribution in [-0.4, -0.2) is 43.5 Å². The summed E-state index contributed by atoms with van der Waals surface area (Å²) in [4.78, 5) is 28.1. The van der Waals surface area contributed by atoms with Crippen LogP contribution in [0.4, 0.5) is 5.69 Å². The van der Waals surface area contributed by atoms with Crippen molar-refractivity contribution in [2.45, 2.75) is 18.9 Å². The number of nitrogens with one attached hydrogen (secondary N) is 2. The maximum absolute atomic E-state index is 13.1. The van der Waals surface area contributed by atoms with E-state index >= 15 is 0 Å². The van der Waals surface area contributed by atoms with E-state index in [1.165, 1.54) is 0 Å². The highest BCUT2D eigenvalue weighted by molar-refractivity contribution is 6.08. The minimum Gasteiger partial charge on any atom is -0.497 e. The second-order valence-corrected chi connectivity index (χ2v) is 8.11. The number of methoxy groups -OCH3 is 1. The number of carbonyl (C=O) groups is 2. The molecule has 1 saturated heterocycles. The SMILES string of the molecule is COc1ccc(C(CNC(=O)c2ccccc2NC(=O)c2ccccc2)N2CCCC2)cc1. The van der Waals surface area contributed by atoms with Crippen LogP contribution < -0.4 is 15.4 Å². The van der Waals surface area contributed by atoms with Gasteiger partial charge in [-0.1, -0.05) is 42.5 Å². The summed E-state index contributed by atoms with van der Waals surface area (Å²) in [5, 5.41) is 5.96. The van der Waals surface area contributed by atoms with Crippen molar-refractivity contribution in [3.8, 4) is 5.75 Å². The third kappa shape index (κ3) is 5.59. The zero-order valence-electron chi connectivity index (χ0n) is 18.8. The van der Waals surface area contributed by atoms with E-state index in [-0.39, 0.29) is 17.9 Å². The van der Waals surface area contributed by atoms with Gasteiger partial charge in [0.05, 0.1) is 24.4 Å². The summed E-state index contributed by atoms with van der Waals surface area (Å²) < 4.78 is 5.29. The molecule has 4 rings (SSSR count). The van der Waals surface area contributed by atoms with Crippen LogP contribution in [0.25, 0.3) is 0 Å². The number of rotatable bonds is 8. The summed E-state index contributed by atoms with van der Waals surface area (Å²) in [7, 11) is 1.65. The lowest BCUT2D eigenvalue weighted by molar-refractivity contribution is 0.0938. The molecule has 0 radical (unpaired) electrons. The molecule has 33 heavy (non-hydrogen) atoms. The number of para-hydroxylation sites is 1. The average Bonchev–Trinajstić information content (AvgIpc) is 3.40. The average molecular weight is 444 g/mol. The number of ether oxygens (including phenoxy) is 1. The van der Waals surface area contributed by atoms with Crippen molar-refractivity contribution >= 4 is 17.5 Å². The quantitative estimate of drug-likeness (QED) is 0.537. The summed E-state index contributed by atoms with van der Waals surface area (Å²) in [5.74, 6) is 0.353. The number of hydrogen-bond donors (Lipinski definition) is 2. The Morgan fingerprint density at radius 1 is 0.879 bits per heavy atom. The molecule has 3 aromatic rings. The largest absolute Gasteiger partial charge is 0.497 e. The smallest absolute Gasteiger partial charge is 0.255 e. The van der Waals surface area contributed by atoms with Gasteiger partial charge in [0.1, 0.15) is 5.75 Å². The molecule has 1 heterocycles. The van der Waals surface area contributed by atoms with Crippen LogP contribution in [0.15, 0.2) is 78.9 Å². The maximum Gasteiger partial charge on any atom is 0.255 e. The molecule has 1 aliphatic rings. The Labute approximate surface area is 194 Å². The van der Waals surface area contributed by atoms with E-state index in [9.17, 15) is 9.59 Å². The van der Waals surface area contributed by atoms with Crippen LogP contribution in [-0.2, 0) is 0 Å². The van der Waals surface area contributed by atoms with Gasteiger partial charge in [0.25, 0.3) is 11.8 Å². The fourth-order valence-corrected chi connectivity index (χ4v) is 4.20. The molecule has 1 atom stereocenters. The molecule has 1 aliphatic heterocycles. The third-order valence-electron chi connectivity index (χ3n) is 5.99. The van der Waals surface area contributed by atoms with Crippen molar-refractivity contribution in [1.29, 1.82) is 0 Å². The predicted octanol–water partition coefficient (Wildman–Crippen LogP) is 4.51. The molecule has 0 bridgehead atoms. The Morgan fingerprint density at radius 2 is 1.55 bits per heavy atom. The Hall–Kier alpha value is -3.64. The van der Waals surface area contributed by atoms with Gasteiger partial charge in [-0.25, -0.2) is 0 Å². The number of hydrogen-bond acceptors (Lipinski definition) is 4. The first-order valence-electron chi connectivity index (χ1n) is 11.3. The van der Waals surface area contributed by atoms with Crippen molar-refractivity contribution in [2.24, 2.45) is 0 Å². The summed E-state index contributed by atoms with van der Waals surface area (Å²) in [5.41, 5.74) is 2.62. The van der Waals surface area contributed by atoms with Crippen molar-refractivity contribution in [2.75, 3.05) is 32.1 Å². The Morgan fingerprint density at radius 3 is 2.24 bits per heavy atom. The van der Waals surface area contributed by atoms with Crippen molar-refractivity contribution in [1.82, 2.24) is 10.2 Å². The van der Waals surface area contributed by atoms with E-state index in [1.807, 2.05) is 36.4 Å². The highest BCUT2D eigenvalue weighted by atomic mass is 16.5. The Kier molecular flexibility index (Phi) is 7.37. The Bertz CT molecular complexity index is 1080. The van der Waals surface area contributed by atoms with E-state index in [1.54, 1.807) is 37.4 Å². The van der Waals surface area contributed by atoms with Crippen molar-refractivity contribution in [3.05, 3.63) is 95.6 Å². The summed E-state index contributed by atoms with van der Waals surface area (Å²) in [6.45, 7) is 2.50. The zero-order valence-corrected chi connectivity index (χ0v) is 18.8. The first-order chi connectivity index (χ1) is 16.2. The lowest BCUT2D eigenvalue weighted by Crippen LogP contribution is -2.37. The first-order valence-corrected chi connectivity index (χ1v) is 11.3.